The lowest BCUT2D eigenvalue weighted by atomic mass is 9.93. The summed E-state index contributed by atoms with van der Waals surface area (Å²) in [5.41, 5.74) is 1.85. The highest BCUT2D eigenvalue weighted by Gasteiger charge is 2.15. The van der Waals surface area contributed by atoms with Crippen LogP contribution in [0.2, 0.25) is 0 Å². The van der Waals surface area contributed by atoms with Gasteiger partial charge in [-0.1, -0.05) is 24.3 Å². The van der Waals surface area contributed by atoms with Crippen LogP contribution < -0.4 is 10.6 Å². The molecule has 0 aromatic rings. The molecule has 2 N–H and O–H groups in total. The summed E-state index contributed by atoms with van der Waals surface area (Å²) in [6, 6.07) is 0. The fraction of sp³-hybridized carbons (Fsp3) is 0.562. The molecule has 104 valence electrons. The topological polar surface area (TPSA) is 41.1 Å². The molecule has 3 nitrogen and oxygen atoms in total. The van der Waals surface area contributed by atoms with Gasteiger partial charge in [0.25, 0.3) is 5.91 Å². The summed E-state index contributed by atoms with van der Waals surface area (Å²) in [4.78, 5) is 12.1. The van der Waals surface area contributed by atoms with Crippen LogP contribution in [0.1, 0.15) is 38.5 Å². The van der Waals surface area contributed by atoms with Crippen LogP contribution in [0, 0.1) is 5.92 Å². The quantitative estimate of drug-likeness (QED) is 0.746. The lowest BCUT2D eigenvalue weighted by Gasteiger charge is -2.18. The first-order valence-corrected chi connectivity index (χ1v) is 7.33. The Hall–Kier alpha value is -1.51. The van der Waals surface area contributed by atoms with E-state index < -0.39 is 0 Å². The number of carbonyl (C=O) groups is 1. The van der Waals surface area contributed by atoms with Crippen molar-refractivity contribution in [3.05, 3.63) is 35.6 Å². The van der Waals surface area contributed by atoms with Crippen molar-refractivity contribution in [1.82, 2.24) is 10.6 Å². The molecule has 1 amide bonds. The van der Waals surface area contributed by atoms with Gasteiger partial charge >= 0.3 is 0 Å². The second-order valence-corrected chi connectivity index (χ2v) is 5.25. The van der Waals surface area contributed by atoms with Gasteiger partial charge in [-0.3, -0.25) is 4.79 Å². The van der Waals surface area contributed by atoms with E-state index in [0.29, 0.717) is 5.92 Å². The van der Waals surface area contributed by atoms with Crippen LogP contribution in [0.25, 0.3) is 0 Å². The van der Waals surface area contributed by atoms with Gasteiger partial charge in [-0.25, -0.2) is 0 Å². The third kappa shape index (κ3) is 3.98. The van der Waals surface area contributed by atoms with E-state index in [1.54, 1.807) is 0 Å². The largest absolute Gasteiger partial charge is 0.391 e. The SMILES string of the molecule is CNC1=C(C(=O)NCCC2C=CCCC2)C=CCC1. The van der Waals surface area contributed by atoms with Gasteiger partial charge in [0.2, 0.25) is 0 Å². The maximum Gasteiger partial charge on any atom is 0.253 e. The van der Waals surface area contributed by atoms with Crippen molar-refractivity contribution in [2.45, 2.75) is 38.5 Å². The molecule has 2 aliphatic rings. The van der Waals surface area contributed by atoms with E-state index in [1.165, 1.54) is 19.3 Å². The molecule has 0 spiro atoms. The molecule has 19 heavy (non-hydrogen) atoms. The van der Waals surface area contributed by atoms with Gasteiger partial charge in [-0.05, 0) is 44.4 Å². The van der Waals surface area contributed by atoms with Crippen LogP contribution in [0.15, 0.2) is 35.6 Å². The number of amides is 1. The predicted molar refractivity (Wildman–Crippen MR) is 78.6 cm³/mol. The molecule has 0 saturated carbocycles. The molecule has 0 aromatic carbocycles. The van der Waals surface area contributed by atoms with Crippen LogP contribution in [0.5, 0.6) is 0 Å². The van der Waals surface area contributed by atoms with Gasteiger partial charge in [0.1, 0.15) is 0 Å². The van der Waals surface area contributed by atoms with Crippen LogP contribution in [-0.2, 0) is 4.79 Å². The van der Waals surface area contributed by atoms with E-state index in [-0.39, 0.29) is 5.91 Å². The molecule has 0 bridgehead atoms. The van der Waals surface area contributed by atoms with Crippen molar-refractivity contribution < 1.29 is 4.79 Å². The predicted octanol–water partition coefficient (Wildman–Crippen LogP) is 2.67. The lowest BCUT2D eigenvalue weighted by Crippen LogP contribution is -2.29. The maximum atomic E-state index is 12.1. The highest BCUT2D eigenvalue weighted by Crippen LogP contribution is 2.20. The van der Waals surface area contributed by atoms with Crippen molar-refractivity contribution in [2.75, 3.05) is 13.6 Å². The summed E-state index contributed by atoms with van der Waals surface area (Å²) >= 11 is 0. The van der Waals surface area contributed by atoms with Gasteiger partial charge in [-0.15, -0.1) is 0 Å². The summed E-state index contributed by atoms with van der Waals surface area (Å²) < 4.78 is 0. The van der Waals surface area contributed by atoms with Crippen molar-refractivity contribution >= 4 is 5.91 Å². The Morgan fingerprint density at radius 2 is 2.26 bits per heavy atom. The fourth-order valence-corrected chi connectivity index (χ4v) is 2.73. The van der Waals surface area contributed by atoms with Crippen LogP contribution >= 0.6 is 0 Å². The van der Waals surface area contributed by atoms with Gasteiger partial charge in [0, 0.05) is 19.3 Å². The Bertz CT molecular complexity index is 407. The van der Waals surface area contributed by atoms with E-state index in [2.05, 4.69) is 28.9 Å². The molecule has 0 aliphatic heterocycles. The lowest BCUT2D eigenvalue weighted by molar-refractivity contribution is -0.117. The summed E-state index contributed by atoms with van der Waals surface area (Å²) in [7, 11) is 1.88. The molecular weight excluding hydrogens is 236 g/mol. The zero-order chi connectivity index (χ0) is 13.5. The minimum absolute atomic E-state index is 0.0556. The molecule has 3 heteroatoms. The van der Waals surface area contributed by atoms with E-state index in [0.717, 1.165) is 37.1 Å². The standard InChI is InChI=1S/C16H24N2O/c1-17-15-10-6-5-9-14(15)16(19)18-12-11-13-7-3-2-4-8-13/h3,5,7,9,13,17H,2,4,6,8,10-12H2,1H3,(H,18,19). The zero-order valence-electron chi connectivity index (χ0n) is 11.7. The van der Waals surface area contributed by atoms with E-state index in [4.69, 9.17) is 0 Å². The van der Waals surface area contributed by atoms with E-state index >= 15 is 0 Å². The molecule has 2 aliphatic carbocycles. The first kappa shape index (κ1) is 13.9. The van der Waals surface area contributed by atoms with Gasteiger partial charge in [-0.2, -0.15) is 0 Å². The van der Waals surface area contributed by atoms with Gasteiger partial charge in [0.05, 0.1) is 5.57 Å². The number of hydrogen-bond donors (Lipinski definition) is 2. The molecule has 2 rings (SSSR count). The number of carbonyl (C=O) groups excluding carboxylic acids is 1. The molecule has 0 radical (unpaired) electrons. The highest BCUT2D eigenvalue weighted by atomic mass is 16.1. The van der Waals surface area contributed by atoms with Crippen LogP contribution in [0.3, 0.4) is 0 Å². The monoisotopic (exact) mass is 260 g/mol. The molecular formula is C16H24N2O. The minimum atomic E-state index is 0.0556. The molecule has 0 heterocycles. The number of allylic oxidation sites excluding steroid dienone is 4. The zero-order valence-corrected chi connectivity index (χ0v) is 11.7. The van der Waals surface area contributed by atoms with Gasteiger partial charge in [0.15, 0.2) is 0 Å². The summed E-state index contributed by atoms with van der Waals surface area (Å²) in [5.74, 6) is 0.703. The average molecular weight is 260 g/mol. The normalized spacial score (nSPS) is 22.5. The van der Waals surface area contributed by atoms with Crippen molar-refractivity contribution in [1.29, 1.82) is 0 Å². The van der Waals surface area contributed by atoms with E-state index in [1.807, 2.05) is 13.1 Å². The third-order valence-electron chi connectivity index (χ3n) is 3.87. The van der Waals surface area contributed by atoms with Crippen molar-refractivity contribution in [3.8, 4) is 0 Å². The Morgan fingerprint density at radius 3 is 3.00 bits per heavy atom. The molecule has 1 unspecified atom stereocenters. The fourth-order valence-electron chi connectivity index (χ4n) is 2.73. The molecule has 0 saturated heterocycles. The van der Waals surface area contributed by atoms with E-state index in [9.17, 15) is 4.79 Å². The number of hydrogen-bond acceptors (Lipinski definition) is 2. The summed E-state index contributed by atoms with van der Waals surface area (Å²) in [6.45, 7) is 0.766. The smallest absolute Gasteiger partial charge is 0.253 e. The maximum absolute atomic E-state index is 12.1. The summed E-state index contributed by atoms with van der Waals surface area (Å²) in [6.07, 6.45) is 15.3. The van der Waals surface area contributed by atoms with Crippen molar-refractivity contribution in [3.63, 3.8) is 0 Å². The molecule has 1 atom stereocenters. The Labute approximate surface area is 115 Å². The first-order valence-electron chi connectivity index (χ1n) is 7.33. The Balaban J connectivity index is 1.80. The second-order valence-electron chi connectivity index (χ2n) is 5.25. The van der Waals surface area contributed by atoms with Crippen LogP contribution in [0.4, 0.5) is 0 Å². The molecule has 0 aromatic heterocycles. The minimum Gasteiger partial charge on any atom is -0.391 e. The highest BCUT2D eigenvalue weighted by molar-refractivity contribution is 5.97. The first-order chi connectivity index (χ1) is 9.31. The number of rotatable bonds is 5. The Kier molecular flexibility index (Phi) is 5.25. The Morgan fingerprint density at radius 1 is 1.37 bits per heavy atom. The average Bonchev–Trinajstić information content (AvgIpc) is 2.48. The van der Waals surface area contributed by atoms with Crippen molar-refractivity contribution in [2.24, 2.45) is 5.92 Å². The second kappa shape index (κ2) is 7.17. The van der Waals surface area contributed by atoms with Crippen LogP contribution in [-0.4, -0.2) is 19.5 Å². The number of nitrogens with one attached hydrogen (secondary N) is 2. The third-order valence-corrected chi connectivity index (χ3v) is 3.87. The molecule has 0 fully saturated rings. The summed E-state index contributed by atoms with van der Waals surface area (Å²) in [5, 5.41) is 6.17. The van der Waals surface area contributed by atoms with Gasteiger partial charge < -0.3 is 10.6 Å².